The maximum atomic E-state index is 12.4. The first-order chi connectivity index (χ1) is 15.7. The zero-order valence-electron chi connectivity index (χ0n) is 18.7. The van der Waals surface area contributed by atoms with Crippen molar-refractivity contribution in [3.63, 3.8) is 0 Å². The van der Waals surface area contributed by atoms with Crippen molar-refractivity contribution in [3.8, 4) is 28.6 Å². The Hall–Kier alpha value is -4.18. The summed E-state index contributed by atoms with van der Waals surface area (Å²) in [7, 11) is 1.57. The van der Waals surface area contributed by atoms with Crippen LogP contribution in [0.25, 0.3) is 28.0 Å². The van der Waals surface area contributed by atoms with Crippen LogP contribution in [0.1, 0.15) is 32.9 Å². The van der Waals surface area contributed by atoms with Crippen LogP contribution >= 0.6 is 0 Å². The molecule has 0 unspecified atom stereocenters. The Kier molecular flexibility index (Phi) is 5.38. The van der Waals surface area contributed by atoms with Gasteiger partial charge in [0.25, 0.3) is 0 Å². The third kappa shape index (κ3) is 3.31. The van der Waals surface area contributed by atoms with Gasteiger partial charge in [0, 0.05) is 29.4 Å². The lowest BCUT2D eigenvalue weighted by molar-refractivity contribution is 0.0700. The average Bonchev–Trinajstić information content (AvgIpc) is 3.05. The molecular weight excluding hydrogens is 424 g/mol. The molecule has 0 aliphatic carbocycles. The van der Waals surface area contributed by atoms with E-state index in [0.29, 0.717) is 39.7 Å². The Morgan fingerprint density at radius 2 is 1.91 bits per heavy atom. The van der Waals surface area contributed by atoms with Gasteiger partial charge in [0.2, 0.25) is 5.88 Å². The van der Waals surface area contributed by atoms with E-state index in [9.17, 15) is 15.0 Å². The van der Waals surface area contributed by atoms with E-state index < -0.39 is 5.97 Å². The van der Waals surface area contributed by atoms with Gasteiger partial charge in [-0.05, 0) is 38.5 Å². The molecule has 0 atom stereocenters. The minimum atomic E-state index is -1.23. The van der Waals surface area contributed by atoms with Crippen LogP contribution in [0.4, 0.5) is 5.82 Å². The number of aromatic hydroxyl groups is 1. The number of fused-ring (bicyclic) bond motifs is 1. The van der Waals surface area contributed by atoms with Gasteiger partial charge in [0.15, 0.2) is 5.65 Å². The number of nitrogen functional groups attached to an aromatic ring is 1. The van der Waals surface area contributed by atoms with E-state index in [4.69, 9.17) is 16.2 Å². The molecule has 170 valence electrons. The fourth-order valence-corrected chi connectivity index (χ4v) is 4.23. The van der Waals surface area contributed by atoms with Crippen molar-refractivity contribution in [2.45, 2.75) is 27.3 Å². The highest BCUT2D eigenvalue weighted by Crippen LogP contribution is 2.40. The molecule has 0 radical (unpaired) electrons. The minimum Gasteiger partial charge on any atom is -0.496 e. The number of methoxy groups -OCH3 is 1. The Balaban J connectivity index is 2.23. The second kappa shape index (κ2) is 8.06. The molecule has 10 nitrogen and oxygen atoms in total. The van der Waals surface area contributed by atoms with Crippen molar-refractivity contribution in [2.75, 3.05) is 12.8 Å². The topological polar surface area (TPSA) is 162 Å². The van der Waals surface area contributed by atoms with Gasteiger partial charge < -0.3 is 26.4 Å². The van der Waals surface area contributed by atoms with Crippen LogP contribution in [0.5, 0.6) is 11.6 Å². The van der Waals surface area contributed by atoms with Gasteiger partial charge in [0.1, 0.15) is 23.0 Å². The summed E-state index contributed by atoms with van der Waals surface area (Å²) in [5, 5.41) is 20.6. The highest BCUT2D eigenvalue weighted by Gasteiger charge is 2.29. The summed E-state index contributed by atoms with van der Waals surface area (Å²) in [4.78, 5) is 25.4. The second-order valence-corrected chi connectivity index (χ2v) is 7.64. The summed E-state index contributed by atoms with van der Waals surface area (Å²) in [6, 6.07) is 5.34. The lowest BCUT2D eigenvalue weighted by Crippen LogP contribution is -2.08. The Morgan fingerprint density at radius 3 is 2.55 bits per heavy atom. The quantitative estimate of drug-likeness (QED) is 0.359. The summed E-state index contributed by atoms with van der Waals surface area (Å²) in [6.45, 7) is 5.45. The van der Waals surface area contributed by atoms with Crippen LogP contribution in [-0.2, 0) is 6.54 Å². The standard InChI is InChI=1S/C23H24N6O4/c1-10-5-6-15(33-4)11(2)19(10)29-20(25)17(23(31)32)16-18(27-12(3)28-21(16)29)13-7-8-26-22(30)14(13)9-24/h5-8H,9,24-25H2,1-4H3,(H,26,30)(H,31,32). The molecule has 3 aromatic heterocycles. The van der Waals surface area contributed by atoms with E-state index in [1.807, 2.05) is 26.0 Å². The third-order valence-electron chi connectivity index (χ3n) is 5.69. The minimum absolute atomic E-state index is 0.00526. The smallest absolute Gasteiger partial charge is 0.340 e. The highest BCUT2D eigenvalue weighted by atomic mass is 16.5. The molecule has 0 aliphatic heterocycles. The van der Waals surface area contributed by atoms with Gasteiger partial charge in [-0.25, -0.2) is 19.7 Å². The molecule has 33 heavy (non-hydrogen) atoms. The fourth-order valence-electron chi connectivity index (χ4n) is 4.23. The summed E-state index contributed by atoms with van der Waals surface area (Å²) >= 11 is 0. The van der Waals surface area contributed by atoms with Crippen LogP contribution < -0.4 is 16.2 Å². The van der Waals surface area contributed by atoms with E-state index in [0.717, 1.165) is 11.1 Å². The molecule has 4 rings (SSSR count). The molecular formula is C23H24N6O4. The van der Waals surface area contributed by atoms with Gasteiger partial charge >= 0.3 is 5.97 Å². The number of carbonyl (C=O) groups is 1. The second-order valence-electron chi connectivity index (χ2n) is 7.64. The molecule has 0 aliphatic rings. The van der Waals surface area contributed by atoms with Crippen LogP contribution in [0.2, 0.25) is 0 Å². The van der Waals surface area contributed by atoms with Crippen molar-refractivity contribution < 1.29 is 19.7 Å². The van der Waals surface area contributed by atoms with Crippen molar-refractivity contribution in [1.29, 1.82) is 0 Å². The van der Waals surface area contributed by atoms with Gasteiger partial charge in [-0.15, -0.1) is 0 Å². The van der Waals surface area contributed by atoms with E-state index in [2.05, 4.69) is 15.0 Å². The van der Waals surface area contributed by atoms with Gasteiger partial charge in [0.05, 0.1) is 23.9 Å². The molecule has 0 amide bonds. The number of benzene rings is 1. The normalized spacial score (nSPS) is 11.2. The molecule has 1 aromatic carbocycles. The number of rotatable bonds is 5. The zero-order chi connectivity index (χ0) is 24.0. The molecule has 3 heterocycles. The number of nitrogens with two attached hydrogens (primary N) is 2. The van der Waals surface area contributed by atoms with Crippen molar-refractivity contribution >= 4 is 22.8 Å². The molecule has 0 bridgehead atoms. The lowest BCUT2D eigenvalue weighted by atomic mass is 10.0. The fraction of sp³-hybridized carbons (Fsp3) is 0.217. The van der Waals surface area contributed by atoms with Crippen LogP contribution in [0.3, 0.4) is 0 Å². The summed E-state index contributed by atoms with van der Waals surface area (Å²) in [5.74, 6) is -0.445. The molecule has 0 fully saturated rings. The molecule has 4 aromatic rings. The van der Waals surface area contributed by atoms with Crippen molar-refractivity contribution in [2.24, 2.45) is 5.73 Å². The highest BCUT2D eigenvalue weighted by molar-refractivity contribution is 6.13. The lowest BCUT2D eigenvalue weighted by Gasteiger charge is -2.17. The molecule has 6 N–H and O–H groups in total. The number of pyridine rings is 1. The SMILES string of the molecule is COc1ccc(C)c(-n2c(N)c(C(=O)O)c3c(-c4ccnc(O)c4CN)nc(C)nc32)c1C. The van der Waals surface area contributed by atoms with E-state index >= 15 is 0 Å². The van der Waals surface area contributed by atoms with Gasteiger partial charge in [-0.1, -0.05) is 6.07 Å². The molecule has 10 heteroatoms. The average molecular weight is 448 g/mol. The predicted molar refractivity (Wildman–Crippen MR) is 124 cm³/mol. The number of hydrogen-bond donors (Lipinski definition) is 4. The number of nitrogens with zero attached hydrogens (tertiary/aromatic N) is 4. The van der Waals surface area contributed by atoms with Gasteiger partial charge in [-0.2, -0.15) is 0 Å². The monoisotopic (exact) mass is 448 g/mol. The number of ether oxygens (including phenoxy) is 1. The van der Waals surface area contributed by atoms with Crippen LogP contribution in [0, 0.1) is 20.8 Å². The van der Waals surface area contributed by atoms with Crippen LogP contribution in [0.15, 0.2) is 24.4 Å². The summed E-state index contributed by atoms with van der Waals surface area (Å²) in [6.07, 6.45) is 1.41. The van der Waals surface area contributed by atoms with E-state index in [1.54, 1.807) is 24.7 Å². The molecule has 0 saturated carbocycles. The van der Waals surface area contributed by atoms with E-state index in [-0.39, 0.29) is 29.2 Å². The van der Waals surface area contributed by atoms with E-state index in [1.165, 1.54) is 6.20 Å². The zero-order valence-corrected chi connectivity index (χ0v) is 18.7. The van der Waals surface area contributed by atoms with Crippen LogP contribution in [-0.4, -0.2) is 42.8 Å². The maximum absolute atomic E-state index is 12.4. The Bertz CT molecular complexity index is 1430. The first-order valence-electron chi connectivity index (χ1n) is 10.1. The predicted octanol–water partition coefficient (Wildman–Crippen LogP) is 2.86. The van der Waals surface area contributed by atoms with Crippen molar-refractivity contribution in [1.82, 2.24) is 19.5 Å². The number of anilines is 1. The first-order valence-corrected chi connectivity index (χ1v) is 10.1. The largest absolute Gasteiger partial charge is 0.496 e. The third-order valence-corrected chi connectivity index (χ3v) is 5.69. The summed E-state index contributed by atoms with van der Waals surface area (Å²) < 4.78 is 7.10. The van der Waals surface area contributed by atoms with Gasteiger partial charge in [-0.3, -0.25) is 4.57 Å². The molecule has 0 saturated heterocycles. The summed E-state index contributed by atoms with van der Waals surface area (Å²) in [5.41, 5.74) is 15.9. The number of carboxylic acids is 1. The number of aryl methyl sites for hydroxylation is 2. The Morgan fingerprint density at radius 1 is 1.18 bits per heavy atom. The Labute approximate surface area is 189 Å². The first kappa shape index (κ1) is 22.0. The number of hydrogen-bond acceptors (Lipinski definition) is 8. The molecule has 0 spiro atoms. The number of carboxylic acid groups (broad SMARTS) is 1. The number of aromatic carboxylic acids is 1. The maximum Gasteiger partial charge on any atom is 0.340 e. The van der Waals surface area contributed by atoms with Crippen molar-refractivity contribution in [3.05, 3.63) is 52.5 Å². The number of aromatic nitrogens is 4.